The Morgan fingerprint density at radius 2 is 2.10 bits per heavy atom. The second kappa shape index (κ2) is 7.26. The zero-order valence-electron chi connectivity index (χ0n) is 12.1. The molecule has 21 heavy (non-hydrogen) atoms. The summed E-state index contributed by atoms with van der Waals surface area (Å²) < 4.78 is 0. The van der Waals surface area contributed by atoms with E-state index in [0.29, 0.717) is 18.2 Å². The normalized spacial score (nSPS) is 17.5. The van der Waals surface area contributed by atoms with E-state index in [2.05, 4.69) is 26.7 Å². The van der Waals surface area contributed by atoms with Crippen LogP contribution in [0.1, 0.15) is 0 Å². The fraction of sp³-hybridized carbons (Fsp3) is 0.500. The van der Waals surface area contributed by atoms with E-state index in [1.54, 1.807) is 0 Å². The Labute approximate surface area is 124 Å². The lowest BCUT2D eigenvalue weighted by Gasteiger charge is -2.36. The number of hydrogen-bond acceptors (Lipinski definition) is 7. The second-order valence-electron chi connectivity index (χ2n) is 5.18. The van der Waals surface area contributed by atoms with E-state index in [1.807, 2.05) is 18.3 Å². The standard InChI is InChI=1S/C14H23N5O2/c1-11(15)17-14-3-2-12(8-16-14)19-6-4-18(5-7-19)9-13(21)10-20/h2-3,8,13,20-21H,1,4-7,9-10,15H2,(H,16,17)/t13-/m0/s1. The number of nitrogens with two attached hydrogens (primary N) is 1. The Hall–Kier alpha value is -1.83. The molecular formula is C14H23N5O2. The van der Waals surface area contributed by atoms with Gasteiger partial charge in [0.05, 0.1) is 30.4 Å². The van der Waals surface area contributed by atoms with Gasteiger partial charge in [0.15, 0.2) is 0 Å². The highest BCUT2D eigenvalue weighted by molar-refractivity contribution is 5.51. The largest absolute Gasteiger partial charge is 0.394 e. The third kappa shape index (κ3) is 4.59. The number of aromatic nitrogens is 1. The maximum absolute atomic E-state index is 9.46. The van der Waals surface area contributed by atoms with Crippen molar-refractivity contribution in [3.8, 4) is 0 Å². The number of aliphatic hydroxyl groups is 2. The number of anilines is 2. The van der Waals surface area contributed by atoms with Gasteiger partial charge in [-0.2, -0.15) is 0 Å². The topological polar surface area (TPSA) is 97.9 Å². The summed E-state index contributed by atoms with van der Waals surface area (Å²) in [6.07, 6.45) is 1.15. The van der Waals surface area contributed by atoms with Gasteiger partial charge in [-0.1, -0.05) is 6.58 Å². The van der Waals surface area contributed by atoms with E-state index >= 15 is 0 Å². The highest BCUT2D eigenvalue weighted by atomic mass is 16.3. The van der Waals surface area contributed by atoms with E-state index in [1.165, 1.54) is 0 Å². The van der Waals surface area contributed by atoms with E-state index in [-0.39, 0.29) is 6.61 Å². The molecule has 2 rings (SSSR count). The predicted octanol–water partition coefficient (Wildman–Crippen LogP) is -0.601. The molecule has 7 nitrogen and oxygen atoms in total. The Kier molecular flexibility index (Phi) is 5.38. The molecule has 0 radical (unpaired) electrons. The molecule has 0 aromatic carbocycles. The average molecular weight is 293 g/mol. The van der Waals surface area contributed by atoms with Gasteiger partial charge in [0, 0.05) is 32.7 Å². The molecule has 1 atom stereocenters. The molecule has 0 bridgehead atoms. The van der Waals surface area contributed by atoms with Crippen LogP contribution in [0.25, 0.3) is 0 Å². The smallest absolute Gasteiger partial charge is 0.131 e. The van der Waals surface area contributed by atoms with Gasteiger partial charge in [0.1, 0.15) is 5.82 Å². The average Bonchev–Trinajstić information content (AvgIpc) is 2.48. The fourth-order valence-electron chi connectivity index (χ4n) is 2.36. The number of nitrogens with zero attached hydrogens (tertiary/aromatic N) is 3. The summed E-state index contributed by atoms with van der Waals surface area (Å²) in [5.41, 5.74) is 6.53. The van der Waals surface area contributed by atoms with Crippen molar-refractivity contribution in [2.75, 3.05) is 49.5 Å². The number of β-amino-alcohol motifs (C(OH)–C–C–N with tert-alkyl or cyclic N) is 1. The first-order valence-corrected chi connectivity index (χ1v) is 7.02. The van der Waals surface area contributed by atoms with Crippen LogP contribution in [0.3, 0.4) is 0 Å². The lowest BCUT2D eigenvalue weighted by molar-refractivity contribution is 0.0575. The van der Waals surface area contributed by atoms with Crippen LogP contribution in [0.15, 0.2) is 30.7 Å². The molecule has 116 valence electrons. The van der Waals surface area contributed by atoms with E-state index in [4.69, 9.17) is 10.8 Å². The zero-order chi connectivity index (χ0) is 15.2. The summed E-state index contributed by atoms with van der Waals surface area (Å²) in [4.78, 5) is 8.69. The Morgan fingerprint density at radius 1 is 1.38 bits per heavy atom. The van der Waals surface area contributed by atoms with Gasteiger partial charge < -0.3 is 26.2 Å². The van der Waals surface area contributed by atoms with Gasteiger partial charge >= 0.3 is 0 Å². The van der Waals surface area contributed by atoms with E-state index in [0.717, 1.165) is 31.9 Å². The van der Waals surface area contributed by atoms with Crippen LogP contribution in [-0.4, -0.2) is 65.5 Å². The Balaban J connectivity index is 1.85. The number of rotatable bonds is 6. The molecule has 7 heteroatoms. The van der Waals surface area contributed by atoms with Crippen LogP contribution >= 0.6 is 0 Å². The molecule has 1 fully saturated rings. The maximum atomic E-state index is 9.46. The molecular weight excluding hydrogens is 270 g/mol. The molecule has 1 aliphatic heterocycles. The molecule has 1 aliphatic rings. The Morgan fingerprint density at radius 3 is 2.62 bits per heavy atom. The number of nitrogens with one attached hydrogen (secondary N) is 1. The molecule has 0 saturated carbocycles. The lowest BCUT2D eigenvalue weighted by Crippen LogP contribution is -2.49. The lowest BCUT2D eigenvalue weighted by atomic mass is 10.2. The zero-order valence-corrected chi connectivity index (χ0v) is 12.1. The number of aliphatic hydroxyl groups excluding tert-OH is 2. The highest BCUT2D eigenvalue weighted by Crippen LogP contribution is 2.17. The summed E-state index contributed by atoms with van der Waals surface area (Å²) in [6, 6.07) is 3.87. The van der Waals surface area contributed by atoms with Gasteiger partial charge in [-0.25, -0.2) is 4.98 Å². The van der Waals surface area contributed by atoms with Crippen molar-refractivity contribution in [2.24, 2.45) is 5.73 Å². The quantitative estimate of drug-likeness (QED) is 0.556. The van der Waals surface area contributed by atoms with Gasteiger partial charge in [0.2, 0.25) is 0 Å². The number of pyridine rings is 1. The van der Waals surface area contributed by atoms with Crippen molar-refractivity contribution in [1.29, 1.82) is 0 Å². The van der Waals surface area contributed by atoms with Crippen molar-refractivity contribution in [3.05, 3.63) is 30.7 Å². The van der Waals surface area contributed by atoms with Gasteiger partial charge in [0.25, 0.3) is 0 Å². The van der Waals surface area contributed by atoms with Crippen molar-refractivity contribution in [1.82, 2.24) is 9.88 Å². The molecule has 0 spiro atoms. The van der Waals surface area contributed by atoms with E-state index in [9.17, 15) is 5.11 Å². The molecule has 0 aliphatic carbocycles. The van der Waals surface area contributed by atoms with E-state index < -0.39 is 6.10 Å². The molecule has 0 amide bonds. The SMILES string of the molecule is C=C(N)Nc1ccc(N2CCN(C[C@H](O)CO)CC2)cn1. The first kappa shape index (κ1) is 15.6. The van der Waals surface area contributed by atoms with Crippen molar-refractivity contribution in [3.63, 3.8) is 0 Å². The predicted molar refractivity (Wildman–Crippen MR) is 82.9 cm³/mol. The van der Waals surface area contributed by atoms with Gasteiger partial charge in [-0.3, -0.25) is 4.90 Å². The number of hydrogen-bond donors (Lipinski definition) is 4. The minimum Gasteiger partial charge on any atom is -0.394 e. The van der Waals surface area contributed by atoms with Crippen LogP contribution < -0.4 is 16.0 Å². The molecule has 1 saturated heterocycles. The van der Waals surface area contributed by atoms with Crippen LogP contribution in [0.5, 0.6) is 0 Å². The summed E-state index contributed by atoms with van der Waals surface area (Å²) >= 11 is 0. The first-order chi connectivity index (χ1) is 10.1. The third-order valence-electron chi connectivity index (χ3n) is 3.45. The minimum absolute atomic E-state index is 0.189. The first-order valence-electron chi connectivity index (χ1n) is 7.02. The van der Waals surface area contributed by atoms with Crippen LogP contribution in [-0.2, 0) is 0 Å². The summed E-state index contributed by atoms with van der Waals surface area (Å²) in [5.74, 6) is 1.04. The van der Waals surface area contributed by atoms with Crippen molar-refractivity contribution < 1.29 is 10.2 Å². The molecule has 0 unspecified atom stereocenters. The van der Waals surface area contributed by atoms with Gasteiger partial charge in [-0.05, 0) is 12.1 Å². The molecule has 2 heterocycles. The van der Waals surface area contributed by atoms with Crippen molar-refractivity contribution in [2.45, 2.75) is 6.10 Å². The van der Waals surface area contributed by atoms with Crippen LogP contribution in [0.2, 0.25) is 0 Å². The second-order valence-corrected chi connectivity index (χ2v) is 5.18. The third-order valence-corrected chi connectivity index (χ3v) is 3.45. The molecule has 5 N–H and O–H groups in total. The molecule has 1 aromatic heterocycles. The summed E-state index contributed by atoms with van der Waals surface area (Å²) in [6.45, 7) is 7.36. The van der Waals surface area contributed by atoms with Crippen molar-refractivity contribution >= 4 is 11.5 Å². The monoisotopic (exact) mass is 293 g/mol. The number of piperazine rings is 1. The minimum atomic E-state index is -0.659. The van der Waals surface area contributed by atoms with Crippen LogP contribution in [0.4, 0.5) is 11.5 Å². The summed E-state index contributed by atoms with van der Waals surface area (Å²) in [5, 5.41) is 21.2. The maximum Gasteiger partial charge on any atom is 0.131 e. The van der Waals surface area contributed by atoms with Gasteiger partial charge in [-0.15, -0.1) is 0 Å². The highest BCUT2D eigenvalue weighted by Gasteiger charge is 2.19. The molecule has 1 aromatic rings. The fourth-order valence-corrected chi connectivity index (χ4v) is 2.36. The Bertz CT molecular complexity index is 457. The van der Waals surface area contributed by atoms with Crippen LogP contribution in [0, 0.1) is 0 Å². The summed E-state index contributed by atoms with van der Waals surface area (Å²) in [7, 11) is 0.